The average molecular weight is 371 g/mol. The lowest BCUT2D eigenvalue weighted by Gasteiger charge is -2.29. The molecule has 0 bridgehead atoms. The number of carbonyl (C=O) groups is 2. The van der Waals surface area contributed by atoms with E-state index in [0.29, 0.717) is 12.2 Å². The number of amides is 1. The Morgan fingerprint density at radius 2 is 1.59 bits per heavy atom. The lowest BCUT2D eigenvalue weighted by Crippen LogP contribution is -2.44. The highest BCUT2D eigenvalue weighted by atomic mass is 16.7. The molecule has 1 unspecified atom stereocenters. The minimum Gasteiger partial charge on any atom is -0.467 e. The zero-order valence-electron chi connectivity index (χ0n) is 15.8. The fourth-order valence-electron chi connectivity index (χ4n) is 2.68. The van der Waals surface area contributed by atoms with Crippen LogP contribution in [0.3, 0.4) is 0 Å². The average Bonchev–Trinajstić information content (AvgIpc) is 2.71. The number of carbonyl (C=O) groups excluding carboxylic acids is 2. The van der Waals surface area contributed by atoms with Crippen LogP contribution in [0.25, 0.3) is 0 Å². The van der Waals surface area contributed by atoms with Gasteiger partial charge in [-0.05, 0) is 31.5 Å². The summed E-state index contributed by atoms with van der Waals surface area (Å²) in [6, 6.07) is 17.2. The van der Waals surface area contributed by atoms with Crippen LogP contribution in [0.1, 0.15) is 35.8 Å². The monoisotopic (exact) mass is 371 g/mol. The van der Waals surface area contributed by atoms with Crippen LogP contribution in [0.5, 0.6) is 0 Å². The lowest BCUT2D eigenvalue weighted by atomic mass is 10.0. The highest BCUT2D eigenvalue weighted by molar-refractivity contribution is 5.94. The summed E-state index contributed by atoms with van der Waals surface area (Å²) in [5.74, 6) is -0.908. The molecule has 0 radical (unpaired) electrons. The van der Waals surface area contributed by atoms with Crippen LogP contribution in [0, 0.1) is 0 Å². The van der Waals surface area contributed by atoms with E-state index in [-0.39, 0.29) is 5.91 Å². The largest absolute Gasteiger partial charge is 0.467 e. The lowest BCUT2D eigenvalue weighted by molar-refractivity contribution is -0.190. The molecule has 144 valence electrons. The molecule has 0 aromatic heterocycles. The molecule has 0 heterocycles. The molecular weight excluding hydrogens is 346 g/mol. The van der Waals surface area contributed by atoms with Crippen molar-refractivity contribution in [1.29, 1.82) is 0 Å². The van der Waals surface area contributed by atoms with Crippen LogP contribution in [-0.2, 0) is 19.0 Å². The molecule has 0 aliphatic rings. The van der Waals surface area contributed by atoms with Gasteiger partial charge in [0, 0.05) is 12.2 Å². The third-order valence-electron chi connectivity index (χ3n) is 3.96. The molecular formula is C21H25NO5. The normalized spacial score (nSPS) is 14.0. The van der Waals surface area contributed by atoms with Crippen LogP contribution < -0.4 is 5.32 Å². The Labute approximate surface area is 159 Å². The van der Waals surface area contributed by atoms with Gasteiger partial charge in [-0.2, -0.15) is 0 Å². The van der Waals surface area contributed by atoms with Gasteiger partial charge in [-0.25, -0.2) is 4.79 Å². The molecule has 0 spiro atoms. The summed E-state index contributed by atoms with van der Waals surface area (Å²) in [6.07, 6.45) is -1.70. The maximum absolute atomic E-state index is 12.7. The van der Waals surface area contributed by atoms with Crippen LogP contribution in [0.2, 0.25) is 0 Å². The number of esters is 1. The maximum Gasteiger partial charge on any atom is 0.337 e. The summed E-state index contributed by atoms with van der Waals surface area (Å²) in [6.45, 7) is 3.96. The van der Waals surface area contributed by atoms with E-state index < -0.39 is 24.4 Å². The van der Waals surface area contributed by atoms with Gasteiger partial charge < -0.3 is 19.5 Å². The second-order valence-corrected chi connectivity index (χ2v) is 5.83. The molecule has 2 rings (SSSR count). The molecule has 0 aliphatic carbocycles. The fraction of sp³-hybridized carbons (Fsp3) is 0.333. The molecule has 0 saturated heterocycles. The Balaban J connectivity index is 2.33. The van der Waals surface area contributed by atoms with Crippen molar-refractivity contribution in [2.45, 2.75) is 32.3 Å². The molecule has 1 amide bonds. The van der Waals surface area contributed by atoms with Gasteiger partial charge in [0.05, 0.1) is 13.2 Å². The Hall–Kier alpha value is -2.70. The molecule has 0 fully saturated rings. The Morgan fingerprint density at radius 3 is 2.15 bits per heavy atom. The number of ether oxygens (including phenoxy) is 3. The van der Waals surface area contributed by atoms with Crippen LogP contribution >= 0.6 is 0 Å². The number of benzene rings is 2. The molecule has 0 aliphatic heterocycles. The van der Waals surface area contributed by atoms with Gasteiger partial charge in [-0.1, -0.05) is 48.5 Å². The van der Waals surface area contributed by atoms with E-state index in [0.717, 1.165) is 5.56 Å². The SMILES string of the molecule is CCOC(C)O[C@@H](C(=O)OC)[C@@H](NC(=O)c1ccccc1)c1ccccc1. The van der Waals surface area contributed by atoms with Crippen molar-refractivity contribution < 1.29 is 23.8 Å². The Kier molecular flexibility index (Phi) is 7.98. The van der Waals surface area contributed by atoms with Crippen LogP contribution in [-0.4, -0.2) is 38.0 Å². The predicted octanol–water partition coefficient (Wildman–Crippen LogP) is 3.10. The van der Waals surface area contributed by atoms with Crippen molar-refractivity contribution in [2.75, 3.05) is 13.7 Å². The predicted molar refractivity (Wildman–Crippen MR) is 101 cm³/mol. The van der Waals surface area contributed by atoms with Gasteiger partial charge in [0.1, 0.15) is 0 Å². The van der Waals surface area contributed by atoms with Crippen molar-refractivity contribution in [3.8, 4) is 0 Å². The van der Waals surface area contributed by atoms with E-state index >= 15 is 0 Å². The number of nitrogens with one attached hydrogen (secondary N) is 1. The summed E-state index contributed by atoms with van der Waals surface area (Å²) in [7, 11) is 1.28. The first-order valence-corrected chi connectivity index (χ1v) is 8.82. The highest BCUT2D eigenvalue weighted by Crippen LogP contribution is 2.23. The second kappa shape index (κ2) is 10.4. The molecule has 2 aromatic carbocycles. The molecule has 6 nitrogen and oxygen atoms in total. The highest BCUT2D eigenvalue weighted by Gasteiger charge is 2.34. The Bertz CT molecular complexity index is 720. The van der Waals surface area contributed by atoms with Crippen molar-refractivity contribution >= 4 is 11.9 Å². The van der Waals surface area contributed by atoms with E-state index in [2.05, 4.69) is 5.32 Å². The summed E-state index contributed by atoms with van der Waals surface area (Å²) < 4.78 is 16.1. The quantitative estimate of drug-likeness (QED) is 0.542. The number of hydrogen-bond acceptors (Lipinski definition) is 5. The minimum atomic E-state index is -1.06. The first kappa shape index (κ1) is 20.6. The van der Waals surface area contributed by atoms with Gasteiger partial charge in [0.25, 0.3) is 5.91 Å². The van der Waals surface area contributed by atoms with Crippen LogP contribution in [0.4, 0.5) is 0 Å². The summed E-state index contributed by atoms with van der Waals surface area (Å²) in [4.78, 5) is 25.1. The van der Waals surface area contributed by atoms with E-state index in [1.54, 1.807) is 31.2 Å². The van der Waals surface area contributed by atoms with Crippen molar-refractivity contribution in [3.63, 3.8) is 0 Å². The molecule has 3 atom stereocenters. The zero-order valence-corrected chi connectivity index (χ0v) is 15.8. The van der Waals surface area contributed by atoms with Crippen molar-refractivity contribution in [1.82, 2.24) is 5.32 Å². The number of rotatable bonds is 9. The second-order valence-electron chi connectivity index (χ2n) is 5.83. The summed E-state index contributed by atoms with van der Waals surface area (Å²) >= 11 is 0. The maximum atomic E-state index is 12.7. The third-order valence-corrected chi connectivity index (χ3v) is 3.96. The third kappa shape index (κ3) is 5.91. The van der Waals surface area contributed by atoms with Crippen LogP contribution in [0.15, 0.2) is 60.7 Å². The minimum absolute atomic E-state index is 0.314. The summed E-state index contributed by atoms with van der Waals surface area (Å²) in [5, 5.41) is 2.89. The fourth-order valence-corrected chi connectivity index (χ4v) is 2.68. The number of hydrogen-bond donors (Lipinski definition) is 1. The van der Waals surface area contributed by atoms with Gasteiger partial charge in [0.15, 0.2) is 12.4 Å². The van der Waals surface area contributed by atoms with Crippen molar-refractivity contribution in [3.05, 3.63) is 71.8 Å². The van der Waals surface area contributed by atoms with E-state index in [1.165, 1.54) is 7.11 Å². The first-order valence-electron chi connectivity index (χ1n) is 8.82. The van der Waals surface area contributed by atoms with Gasteiger partial charge in [-0.3, -0.25) is 4.79 Å². The van der Waals surface area contributed by atoms with Crippen molar-refractivity contribution in [2.24, 2.45) is 0 Å². The standard InChI is InChI=1S/C21H25NO5/c1-4-26-15(2)27-19(21(24)25-3)18(16-11-7-5-8-12-16)22-20(23)17-13-9-6-10-14-17/h5-15,18-19H,4H2,1-3H3,(H,22,23)/t15?,18-,19+/m0/s1. The Morgan fingerprint density at radius 1 is 1.00 bits per heavy atom. The summed E-state index contributed by atoms with van der Waals surface area (Å²) in [5.41, 5.74) is 1.21. The smallest absolute Gasteiger partial charge is 0.337 e. The molecule has 0 saturated carbocycles. The molecule has 1 N–H and O–H groups in total. The molecule has 2 aromatic rings. The van der Waals surface area contributed by atoms with E-state index in [9.17, 15) is 9.59 Å². The van der Waals surface area contributed by atoms with Gasteiger partial charge >= 0.3 is 5.97 Å². The van der Waals surface area contributed by atoms with E-state index in [4.69, 9.17) is 14.2 Å². The first-order chi connectivity index (χ1) is 13.1. The zero-order chi connectivity index (χ0) is 19.6. The molecule has 27 heavy (non-hydrogen) atoms. The van der Waals surface area contributed by atoms with E-state index in [1.807, 2.05) is 43.3 Å². The molecule has 6 heteroatoms. The topological polar surface area (TPSA) is 73.9 Å². The number of methoxy groups -OCH3 is 1. The van der Waals surface area contributed by atoms with Gasteiger partial charge in [-0.15, -0.1) is 0 Å². The van der Waals surface area contributed by atoms with Gasteiger partial charge in [0.2, 0.25) is 0 Å².